The van der Waals surface area contributed by atoms with Gasteiger partial charge in [-0.25, -0.2) is 13.8 Å². The molecule has 2 aromatic carbocycles. The van der Waals surface area contributed by atoms with Crippen LogP contribution >= 0.6 is 11.6 Å². The second-order valence-corrected chi connectivity index (χ2v) is 7.35. The lowest BCUT2D eigenvalue weighted by Gasteiger charge is -2.39. The van der Waals surface area contributed by atoms with Crippen molar-refractivity contribution >= 4 is 34.6 Å². The summed E-state index contributed by atoms with van der Waals surface area (Å²) in [4.78, 5) is 20.8. The van der Waals surface area contributed by atoms with Crippen molar-refractivity contribution in [3.8, 4) is 5.88 Å². The summed E-state index contributed by atoms with van der Waals surface area (Å²) >= 11 is 5.98. The second-order valence-electron chi connectivity index (χ2n) is 6.95. The number of pyridine rings is 1. The van der Waals surface area contributed by atoms with Gasteiger partial charge in [-0.1, -0.05) is 11.6 Å². The summed E-state index contributed by atoms with van der Waals surface area (Å²) in [6.07, 6.45) is 0. The molecule has 4 rings (SSSR count). The summed E-state index contributed by atoms with van der Waals surface area (Å²) < 4.78 is 33.8. The van der Waals surface area contributed by atoms with Gasteiger partial charge in [-0.05, 0) is 55.8 Å². The number of ether oxygens (including phenoxy) is 1. The third-order valence-electron chi connectivity index (χ3n) is 5.09. The van der Waals surface area contributed by atoms with Crippen LogP contribution in [0, 0.1) is 25.5 Å². The lowest BCUT2D eigenvalue weighted by atomic mass is 10.0. The molecule has 0 radical (unpaired) electrons. The molecule has 2 heterocycles. The summed E-state index contributed by atoms with van der Waals surface area (Å²) in [7, 11) is 1.50. The van der Waals surface area contributed by atoms with E-state index in [9.17, 15) is 13.6 Å². The van der Waals surface area contributed by atoms with E-state index < -0.39 is 11.7 Å². The smallest absolute Gasteiger partial charge is 0.264 e. The third-order valence-corrected chi connectivity index (χ3v) is 5.38. The van der Waals surface area contributed by atoms with Crippen molar-refractivity contribution in [2.24, 2.45) is 0 Å². The van der Waals surface area contributed by atoms with Gasteiger partial charge in [-0.15, -0.1) is 0 Å². The van der Waals surface area contributed by atoms with Crippen LogP contribution < -0.4 is 14.5 Å². The van der Waals surface area contributed by atoms with E-state index >= 15 is 0 Å². The summed E-state index contributed by atoms with van der Waals surface area (Å²) in [5.74, 6) is -1.30. The van der Waals surface area contributed by atoms with Crippen LogP contribution in [0.5, 0.6) is 5.88 Å². The third kappa shape index (κ3) is 3.25. The predicted molar refractivity (Wildman–Crippen MR) is 112 cm³/mol. The van der Waals surface area contributed by atoms with Crippen molar-refractivity contribution in [3.05, 3.63) is 75.9 Å². The molecule has 8 heteroatoms. The highest BCUT2D eigenvalue weighted by Gasteiger charge is 2.35. The number of hydrogen-bond donors (Lipinski definition) is 0. The summed E-state index contributed by atoms with van der Waals surface area (Å²) in [6.45, 7) is 3.59. The number of fused-ring (bicyclic) bond motifs is 1. The minimum Gasteiger partial charge on any atom is -0.481 e. The number of carbonyl (C=O) groups excluding carboxylic acids is 1. The van der Waals surface area contributed by atoms with E-state index in [-0.39, 0.29) is 23.1 Å². The van der Waals surface area contributed by atoms with Crippen molar-refractivity contribution in [2.45, 2.75) is 13.8 Å². The van der Waals surface area contributed by atoms with Crippen molar-refractivity contribution in [1.82, 2.24) is 4.98 Å². The molecule has 0 fully saturated rings. The molecule has 0 bridgehead atoms. The Hall–Kier alpha value is -3.19. The molecule has 1 aromatic heterocycles. The topological polar surface area (TPSA) is 45.7 Å². The predicted octanol–water partition coefficient (Wildman–Crippen LogP) is 5.39. The van der Waals surface area contributed by atoms with E-state index in [0.29, 0.717) is 34.2 Å². The van der Waals surface area contributed by atoms with Crippen LogP contribution in [-0.2, 0) is 0 Å². The van der Waals surface area contributed by atoms with E-state index in [4.69, 9.17) is 16.3 Å². The van der Waals surface area contributed by atoms with Gasteiger partial charge in [-0.3, -0.25) is 9.69 Å². The van der Waals surface area contributed by atoms with Crippen LogP contribution in [0.1, 0.15) is 21.6 Å². The number of aromatic nitrogens is 1. The summed E-state index contributed by atoms with van der Waals surface area (Å²) in [5, 5.41) is -0.149. The van der Waals surface area contributed by atoms with Gasteiger partial charge in [0.1, 0.15) is 18.0 Å². The highest BCUT2D eigenvalue weighted by atomic mass is 35.5. The highest BCUT2D eigenvalue weighted by molar-refractivity contribution is 6.31. The SMILES string of the molecule is COc1ccc(N2CN(c3ccc(F)cc3C)c3ccc(Cl)c(F)c3C2=O)c(C)n1. The first-order valence-electron chi connectivity index (χ1n) is 9.17. The Morgan fingerprint density at radius 1 is 1.00 bits per heavy atom. The zero-order chi connectivity index (χ0) is 21.6. The molecule has 1 amide bonds. The lowest BCUT2D eigenvalue weighted by Crippen LogP contribution is -2.46. The number of nitrogens with zero attached hydrogens (tertiary/aromatic N) is 3. The van der Waals surface area contributed by atoms with Crippen LogP contribution in [0.4, 0.5) is 25.8 Å². The molecule has 1 aliphatic heterocycles. The fourth-order valence-electron chi connectivity index (χ4n) is 3.63. The van der Waals surface area contributed by atoms with Gasteiger partial charge in [0.15, 0.2) is 5.82 Å². The monoisotopic (exact) mass is 429 g/mol. The maximum Gasteiger partial charge on any atom is 0.264 e. The Morgan fingerprint density at radius 2 is 1.70 bits per heavy atom. The Labute approximate surface area is 177 Å². The number of rotatable bonds is 3. The largest absolute Gasteiger partial charge is 0.481 e. The maximum absolute atomic E-state index is 15.0. The van der Waals surface area contributed by atoms with Gasteiger partial charge in [-0.2, -0.15) is 0 Å². The lowest BCUT2D eigenvalue weighted by molar-refractivity contribution is 0.0979. The van der Waals surface area contributed by atoms with E-state index in [0.717, 1.165) is 0 Å². The number of anilines is 3. The number of hydrogen-bond acceptors (Lipinski definition) is 4. The van der Waals surface area contributed by atoms with Crippen molar-refractivity contribution < 1.29 is 18.3 Å². The molecule has 5 nitrogen and oxygen atoms in total. The Kier molecular flexibility index (Phi) is 5.07. The van der Waals surface area contributed by atoms with Gasteiger partial charge in [0.05, 0.1) is 29.2 Å². The fraction of sp³-hybridized carbons (Fsp3) is 0.182. The standard InChI is InChI=1S/C22H18ClF2N3O2/c1-12-10-14(24)4-6-16(12)27-11-28(17-8-9-19(30-3)26-13(17)2)22(29)20-18(27)7-5-15(23)21(20)25/h4-10H,11H2,1-3H3. The molecule has 30 heavy (non-hydrogen) atoms. The molecule has 0 unspecified atom stereocenters. The molecule has 0 saturated heterocycles. The number of halogens is 3. The number of amides is 1. The molecule has 154 valence electrons. The number of carbonyl (C=O) groups is 1. The zero-order valence-electron chi connectivity index (χ0n) is 16.5. The molecule has 3 aromatic rings. The van der Waals surface area contributed by atoms with Crippen LogP contribution in [0.25, 0.3) is 0 Å². The van der Waals surface area contributed by atoms with Crippen LogP contribution in [0.2, 0.25) is 5.02 Å². The Balaban J connectivity index is 1.91. The molecule has 0 saturated carbocycles. The van der Waals surface area contributed by atoms with Crippen LogP contribution in [0.15, 0.2) is 42.5 Å². The van der Waals surface area contributed by atoms with Gasteiger partial charge < -0.3 is 9.64 Å². The first-order chi connectivity index (χ1) is 14.3. The molecule has 1 aliphatic rings. The average Bonchev–Trinajstić information content (AvgIpc) is 2.71. The molecular formula is C22H18ClF2N3O2. The maximum atomic E-state index is 15.0. The Bertz CT molecular complexity index is 1170. The van der Waals surface area contributed by atoms with Crippen LogP contribution in [-0.4, -0.2) is 24.7 Å². The first kappa shape index (κ1) is 20.1. The molecule has 0 N–H and O–H groups in total. The summed E-state index contributed by atoms with van der Waals surface area (Å²) in [6, 6.07) is 10.7. The van der Waals surface area contributed by atoms with Gasteiger partial charge in [0.2, 0.25) is 5.88 Å². The minimum absolute atomic E-state index is 0.0915. The van der Waals surface area contributed by atoms with Crippen LogP contribution in [0.3, 0.4) is 0 Å². The van der Waals surface area contributed by atoms with E-state index in [1.807, 2.05) is 0 Å². The highest BCUT2D eigenvalue weighted by Crippen LogP contribution is 2.40. The van der Waals surface area contributed by atoms with Crippen molar-refractivity contribution in [3.63, 3.8) is 0 Å². The second kappa shape index (κ2) is 7.57. The van der Waals surface area contributed by atoms with E-state index in [2.05, 4.69) is 4.98 Å². The number of benzene rings is 2. The molecular weight excluding hydrogens is 412 g/mol. The number of aryl methyl sites for hydroxylation is 2. The number of methoxy groups -OCH3 is 1. The Morgan fingerprint density at radius 3 is 2.37 bits per heavy atom. The molecule has 0 spiro atoms. The normalized spacial score (nSPS) is 13.5. The average molecular weight is 430 g/mol. The van der Waals surface area contributed by atoms with Gasteiger partial charge >= 0.3 is 0 Å². The quantitative estimate of drug-likeness (QED) is 0.559. The van der Waals surface area contributed by atoms with Crippen molar-refractivity contribution in [1.29, 1.82) is 0 Å². The van der Waals surface area contributed by atoms with Gasteiger partial charge in [0.25, 0.3) is 5.91 Å². The zero-order valence-corrected chi connectivity index (χ0v) is 17.3. The molecule has 0 aliphatic carbocycles. The fourth-order valence-corrected chi connectivity index (χ4v) is 3.79. The van der Waals surface area contributed by atoms with Crippen molar-refractivity contribution in [2.75, 3.05) is 23.6 Å². The van der Waals surface area contributed by atoms with E-state index in [1.165, 1.54) is 30.2 Å². The molecule has 0 atom stereocenters. The van der Waals surface area contributed by atoms with E-state index in [1.54, 1.807) is 43.0 Å². The minimum atomic E-state index is -0.798. The summed E-state index contributed by atoms with van der Waals surface area (Å²) in [5.41, 5.74) is 2.57. The first-order valence-corrected chi connectivity index (χ1v) is 9.54. The van der Waals surface area contributed by atoms with Gasteiger partial charge in [0, 0.05) is 11.8 Å².